The van der Waals surface area contributed by atoms with Gasteiger partial charge in [0, 0.05) is 39.7 Å². The Bertz CT molecular complexity index is 700. The molecule has 1 fully saturated rings. The van der Waals surface area contributed by atoms with Crippen molar-refractivity contribution in [2.24, 2.45) is 20.0 Å². The molecule has 8 heteroatoms. The van der Waals surface area contributed by atoms with E-state index in [9.17, 15) is 20.0 Å². The van der Waals surface area contributed by atoms with Gasteiger partial charge < -0.3 is 15.1 Å². The number of aromatic nitrogens is 2. The second-order valence-corrected chi connectivity index (χ2v) is 5.26. The second kappa shape index (κ2) is 5.71. The smallest absolute Gasteiger partial charge is 0.332 e. The fraction of sp³-hybridized carbons (Fsp3) is 0.615. The molecule has 2 atom stereocenters. The number of anilines is 1. The first-order valence-electron chi connectivity index (χ1n) is 6.66. The first-order valence-corrected chi connectivity index (χ1v) is 6.66. The molecule has 1 aliphatic heterocycles. The number of aliphatic hydroxyl groups is 2. The number of hydrogen-bond acceptors (Lipinski definition) is 6. The molecule has 0 aromatic carbocycles. The molecule has 0 amide bonds. The van der Waals surface area contributed by atoms with E-state index in [-0.39, 0.29) is 30.5 Å². The van der Waals surface area contributed by atoms with E-state index in [4.69, 9.17) is 5.11 Å². The van der Waals surface area contributed by atoms with Gasteiger partial charge in [0.05, 0.1) is 6.10 Å². The van der Waals surface area contributed by atoms with Crippen LogP contribution >= 0.6 is 0 Å². The van der Waals surface area contributed by atoms with Gasteiger partial charge >= 0.3 is 5.69 Å². The molecule has 0 spiro atoms. The third-order valence-electron chi connectivity index (χ3n) is 4.00. The van der Waals surface area contributed by atoms with Crippen molar-refractivity contribution in [3.05, 3.63) is 26.4 Å². The zero-order chi connectivity index (χ0) is 15.7. The maximum absolute atomic E-state index is 12.0. The Balaban J connectivity index is 2.53. The molecule has 2 heterocycles. The van der Waals surface area contributed by atoms with Crippen LogP contribution in [0.4, 0.5) is 5.82 Å². The number of aliphatic hydroxyl groups excluding tert-OH is 2. The zero-order valence-corrected chi connectivity index (χ0v) is 12.0. The van der Waals surface area contributed by atoms with Gasteiger partial charge in [-0.15, -0.1) is 0 Å². The fourth-order valence-electron chi connectivity index (χ4n) is 2.69. The summed E-state index contributed by atoms with van der Waals surface area (Å²) in [7, 11) is 2.81. The number of nitrogens with zero attached hydrogens (tertiary/aromatic N) is 4. The topological polar surface area (TPSA) is 111 Å². The molecule has 1 aromatic rings. The lowest BCUT2D eigenvalue weighted by atomic mass is 9.94. The van der Waals surface area contributed by atoms with E-state index in [0.717, 1.165) is 4.57 Å². The van der Waals surface area contributed by atoms with E-state index in [1.54, 1.807) is 4.90 Å². The van der Waals surface area contributed by atoms with Crippen molar-refractivity contribution in [3.8, 4) is 6.07 Å². The first kappa shape index (κ1) is 15.3. The summed E-state index contributed by atoms with van der Waals surface area (Å²) in [6.07, 6.45) is -0.249. The fourth-order valence-corrected chi connectivity index (χ4v) is 2.69. The summed E-state index contributed by atoms with van der Waals surface area (Å²) in [5, 5.41) is 28.4. The molecule has 0 aliphatic carbocycles. The Morgan fingerprint density at radius 1 is 1.33 bits per heavy atom. The summed E-state index contributed by atoms with van der Waals surface area (Å²) >= 11 is 0. The molecular formula is C13H18N4O4. The Labute approximate surface area is 121 Å². The number of β-amino-alcohol motifs (C(OH)–C–C–N with tert-alkyl or cyclic N) is 1. The van der Waals surface area contributed by atoms with E-state index in [1.165, 1.54) is 18.7 Å². The Morgan fingerprint density at radius 2 is 2.00 bits per heavy atom. The number of rotatable bonds is 2. The second-order valence-electron chi connectivity index (χ2n) is 5.26. The average Bonchev–Trinajstić information content (AvgIpc) is 2.48. The molecule has 8 nitrogen and oxygen atoms in total. The highest BCUT2D eigenvalue weighted by molar-refractivity contribution is 5.53. The van der Waals surface area contributed by atoms with E-state index < -0.39 is 17.4 Å². The molecule has 2 unspecified atom stereocenters. The monoisotopic (exact) mass is 294 g/mol. The van der Waals surface area contributed by atoms with Crippen molar-refractivity contribution in [2.45, 2.75) is 12.5 Å². The van der Waals surface area contributed by atoms with Crippen molar-refractivity contribution in [1.29, 1.82) is 5.26 Å². The molecule has 1 aromatic heterocycles. The van der Waals surface area contributed by atoms with Crippen molar-refractivity contribution in [3.63, 3.8) is 0 Å². The summed E-state index contributed by atoms with van der Waals surface area (Å²) < 4.78 is 2.13. The Morgan fingerprint density at radius 3 is 2.52 bits per heavy atom. The minimum Gasteiger partial charge on any atom is -0.396 e. The summed E-state index contributed by atoms with van der Waals surface area (Å²) in [6, 6.07) is 1.84. The average molecular weight is 294 g/mol. The van der Waals surface area contributed by atoms with Crippen molar-refractivity contribution < 1.29 is 10.2 Å². The van der Waals surface area contributed by atoms with Crippen LogP contribution in [0.5, 0.6) is 0 Å². The zero-order valence-electron chi connectivity index (χ0n) is 12.0. The van der Waals surface area contributed by atoms with Crippen molar-refractivity contribution in [1.82, 2.24) is 9.13 Å². The van der Waals surface area contributed by atoms with Crippen LogP contribution in [0, 0.1) is 17.2 Å². The van der Waals surface area contributed by atoms with Gasteiger partial charge in [-0.05, 0) is 6.42 Å². The van der Waals surface area contributed by atoms with Crippen molar-refractivity contribution >= 4 is 5.82 Å². The van der Waals surface area contributed by atoms with Gasteiger partial charge in [-0.1, -0.05) is 0 Å². The Kier molecular flexibility index (Phi) is 4.16. The van der Waals surface area contributed by atoms with Crippen LogP contribution < -0.4 is 16.1 Å². The summed E-state index contributed by atoms with van der Waals surface area (Å²) in [5.74, 6) is -0.00333. The molecule has 0 saturated carbocycles. The highest BCUT2D eigenvalue weighted by Crippen LogP contribution is 2.23. The molecule has 1 aliphatic rings. The van der Waals surface area contributed by atoms with Gasteiger partial charge in [0.25, 0.3) is 5.56 Å². The predicted molar refractivity (Wildman–Crippen MR) is 75.1 cm³/mol. The Hall–Kier alpha value is -2.11. The standard InChI is InChI=1S/C13H18N4O4/c1-15-11(9(5-14)12(20)16(2)13(15)21)17-4-3-8(7-18)10(19)6-17/h8,10,18-19H,3-4,6-7H2,1-2H3. The van der Waals surface area contributed by atoms with Crippen LogP contribution in [0.1, 0.15) is 12.0 Å². The van der Waals surface area contributed by atoms with Crippen LogP contribution in [0.15, 0.2) is 9.59 Å². The van der Waals surface area contributed by atoms with Crippen LogP contribution in [0.25, 0.3) is 0 Å². The van der Waals surface area contributed by atoms with E-state index in [1.807, 2.05) is 6.07 Å². The molecule has 0 radical (unpaired) electrons. The molecular weight excluding hydrogens is 276 g/mol. The number of piperidine rings is 1. The third kappa shape index (κ3) is 2.46. The van der Waals surface area contributed by atoms with Crippen LogP contribution in [0.3, 0.4) is 0 Å². The van der Waals surface area contributed by atoms with Crippen molar-refractivity contribution in [2.75, 3.05) is 24.6 Å². The number of hydrogen-bond donors (Lipinski definition) is 2. The van der Waals surface area contributed by atoms with Gasteiger partial charge in [0.1, 0.15) is 11.9 Å². The highest BCUT2D eigenvalue weighted by Gasteiger charge is 2.30. The first-order chi connectivity index (χ1) is 9.92. The van der Waals surface area contributed by atoms with Gasteiger partial charge in [0.15, 0.2) is 5.56 Å². The van der Waals surface area contributed by atoms with E-state index in [2.05, 4.69) is 0 Å². The SMILES string of the molecule is Cn1c(N2CCC(CO)C(O)C2)c(C#N)c(=O)n(C)c1=O. The summed E-state index contributed by atoms with van der Waals surface area (Å²) in [4.78, 5) is 25.7. The summed E-state index contributed by atoms with van der Waals surface area (Å²) in [5.41, 5.74) is -1.28. The maximum atomic E-state index is 12.0. The normalized spacial score (nSPS) is 22.1. The van der Waals surface area contributed by atoms with Gasteiger partial charge in [0.2, 0.25) is 0 Å². The lowest BCUT2D eigenvalue weighted by Crippen LogP contribution is -2.49. The van der Waals surface area contributed by atoms with Crippen LogP contribution in [-0.4, -0.2) is 45.1 Å². The molecule has 1 saturated heterocycles. The van der Waals surface area contributed by atoms with Gasteiger partial charge in [-0.2, -0.15) is 5.26 Å². The van der Waals surface area contributed by atoms with Crippen LogP contribution in [-0.2, 0) is 14.1 Å². The molecule has 114 valence electrons. The molecule has 2 rings (SSSR count). The highest BCUT2D eigenvalue weighted by atomic mass is 16.3. The van der Waals surface area contributed by atoms with Gasteiger partial charge in [-0.25, -0.2) is 4.79 Å². The van der Waals surface area contributed by atoms with Crippen LogP contribution in [0.2, 0.25) is 0 Å². The minimum absolute atomic E-state index is 0.115. The third-order valence-corrected chi connectivity index (χ3v) is 4.00. The lowest BCUT2D eigenvalue weighted by molar-refractivity contribution is 0.0544. The molecule has 0 bridgehead atoms. The molecule has 21 heavy (non-hydrogen) atoms. The lowest BCUT2D eigenvalue weighted by Gasteiger charge is -2.37. The molecule has 2 N–H and O–H groups in total. The van der Waals surface area contributed by atoms with E-state index in [0.29, 0.717) is 13.0 Å². The summed E-state index contributed by atoms with van der Waals surface area (Å²) in [6.45, 7) is 0.507. The largest absolute Gasteiger partial charge is 0.396 e. The quantitative estimate of drug-likeness (QED) is 0.661. The predicted octanol–water partition coefficient (Wildman–Crippen LogP) is -1.86. The maximum Gasteiger partial charge on any atom is 0.332 e. The minimum atomic E-state index is -0.769. The van der Waals surface area contributed by atoms with E-state index >= 15 is 0 Å². The van der Waals surface area contributed by atoms with Gasteiger partial charge in [-0.3, -0.25) is 13.9 Å². The number of nitriles is 1.